The lowest BCUT2D eigenvalue weighted by Gasteiger charge is -2.13. The third-order valence-electron chi connectivity index (χ3n) is 3.79. The highest BCUT2D eigenvalue weighted by molar-refractivity contribution is 7.91. The normalized spacial score (nSPS) is 11.1. The molecule has 5 heteroatoms. The summed E-state index contributed by atoms with van der Waals surface area (Å²) in [5.41, 5.74) is 3.08. The highest BCUT2D eigenvalue weighted by Gasteiger charge is 2.14. The summed E-state index contributed by atoms with van der Waals surface area (Å²) in [6.07, 6.45) is 0. The Balaban J connectivity index is 1.83. The van der Waals surface area contributed by atoms with Crippen LogP contribution in [0.3, 0.4) is 0 Å². The van der Waals surface area contributed by atoms with Crippen LogP contribution in [0.2, 0.25) is 0 Å². The van der Waals surface area contributed by atoms with E-state index in [-0.39, 0.29) is 5.75 Å². The number of sulfonamides is 1. The lowest BCUT2D eigenvalue weighted by Crippen LogP contribution is -2.15. The molecular weight excluding hydrogens is 334 g/mol. The van der Waals surface area contributed by atoms with Crippen LogP contribution in [0, 0.1) is 0 Å². The van der Waals surface area contributed by atoms with Crippen LogP contribution in [0.25, 0.3) is 11.1 Å². The zero-order chi connectivity index (χ0) is 17.7. The number of nitrogens with one attached hydrogen (secondary N) is 1. The van der Waals surface area contributed by atoms with Crippen molar-refractivity contribution in [2.24, 2.45) is 0 Å². The molecule has 3 rings (SSSR count). The van der Waals surface area contributed by atoms with E-state index in [0.717, 1.165) is 11.1 Å². The summed E-state index contributed by atoms with van der Waals surface area (Å²) in [5.74, 6) is 0.601. The molecule has 0 atom stereocenters. The van der Waals surface area contributed by atoms with Crippen LogP contribution in [-0.2, 0) is 15.8 Å². The second-order valence-corrected chi connectivity index (χ2v) is 7.34. The molecule has 0 fully saturated rings. The summed E-state index contributed by atoms with van der Waals surface area (Å²) in [7, 11) is -1.95. The van der Waals surface area contributed by atoms with Crippen LogP contribution >= 0.6 is 0 Å². The van der Waals surface area contributed by atoms with Crippen molar-refractivity contribution in [2.75, 3.05) is 11.8 Å². The fraction of sp³-hybridized carbons (Fsp3) is 0.100. The molecule has 0 aliphatic rings. The SMILES string of the molecule is COc1ccc(CS(=O)(=O)Nc2ccccc2-c2ccccc2)cc1. The molecule has 128 valence electrons. The summed E-state index contributed by atoms with van der Waals surface area (Å²) in [5, 5.41) is 0. The molecule has 0 heterocycles. The Kier molecular flexibility index (Phi) is 5.05. The van der Waals surface area contributed by atoms with Crippen LogP contribution in [0.1, 0.15) is 5.56 Å². The molecule has 0 spiro atoms. The molecule has 0 saturated heterocycles. The fourth-order valence-corrected chi connectivity index (χ4v) is 3.80. The van der Waals surface area contributed by atoms with Crippen molar-refractivity contribution in [3.05, 3.63) is 84.4 Å². The van der Waals surface area contributed by atoms with E-state index >= 15 is 0 Å². The van der Waals surface area contributed by atoms with E-state index < -0.39 is 10.0 Å². The van der Waals surface area contributed by atoms with Gasteiger partial charge in [-0.2, -0.15) is 0 Å². The number of anilines is 1. The Morgan fingerprint density at radius 3 is 2.16 bits per heavy atom. The number of benzene rings is 3. The molecule has 4 nitrogen and oxygen atoms in total. The van der Waals surface area contributed by atoms with Gasteiger partial charge in [0, 0.05) is 5.56 Å². The second kappa shape index (κ2) is 7.40. The van der Waals surface area contributed by atoms with Gasteiger partial charge in [-0.3, -0.25) is 4.72 Å². The smallest absolute Gasteiger partial charge is 0.236 e. The Labute approximate surface area is 148 Å². The predicted molar refractivity (Wildman–Crippen MR) is 101 cm³/mol. The van der Waals surface area contributed by atoms with Crippen molar-refractivity contribution in [1.29, 1.82) is 0 Å². The van der Waals surface area contributed by atoms with Crippen molar-refractivity contribution >= 4 is 15.7 Å². The average Bonchev–Trinajstić information content (AvgIpc) is 2.63. The molecule has 0 amide bonds. The summed E-state index contributed by atoms with van der Waals surface area (Å²) in [6, 6.07) is 24.1. The molecule has 0 aliphatic carbocycles. The van der Waals surface area contributed by atoms with Crippen LogP contribution in [0.15, 0.2) is 78.9 Å². The topological polar surface area (TPSA) is 55.4 Å². The standard InChI is InChI=1S/C20H19NO3S/c1-24-18-13-11-16(12-14-18)15-25(22,23)21-20-10-6-5-9-19(20)17-7-3-2-4-8-17/h2-14,21H,15H2,1H3. The van der Waals surface area contributed by atoms with Crippen molar-refractivity contribution in [3.8, 4) is 16.9 Å². The molecule has 0 saturated carbocycles. The zero-order valence-corrected chi connectivity index (χ0v) is 14.7. The third-order valence-corrected chi connectivity index (χ3v) is 5.04. The summed E-state index contributed by atoms with van der Waals surface area (Å²) >= 11 is 0. The lowest BCUT2D eigenvalue weighted by atomic mass is 10.0. The van der Waals surface area contributed by atoms with E-state index in [4.69, 9.17) is 4.74 Å². The first-order valence-electron chi connectivity index (χ1n) is 7.85. The number of rotatable bonds is 6. The van der Waals surface area contributed by atoms with Crippen LogP contribution in [0.4, 0.5) is 5.69 Å². The van der Waals surface area contributed by atoms with Gasteiger partial charge in [0.25, 0.3) is 0 Å². The maximum absolute atomic E-state index is 12.6. The first kappa shape index (κ1) is 17.0. The zero-order valence-electron chi connectivity index (χ0n) is 13.8. The largest absolute Gasteiger partial charge is 0.497 e. The monoisotopic (exact) mass is 353 g/mol. The van der Waals surface area contributed by atoms with Gasteiger partial charge >= 0.3 is 0 Å². The summed E-state index contributed by atoms with van der Waals surface area (Å²) in [6.45, 7) is 0. The van der Waals surface area contributed by atoms with Gasteiger partial charge in [-0.05, 0) is 29.3 Å². The lowest BCUT2D eigenvalue weighted by molar-refractivity contribution is 0.414. The summed E-state index contributed by atoms with van der Waals surface area (Å²) < 4.78 is 32.9. The quantitative estimate of drug-likeness (QED) is 0.719. The maximum atomic E-state index is 12.6. The molecule has 0 aliphatic heterocycles. The average molecular weight is 353 g/mol. The maximum Gasteiger partial charge on any atom is 0.236 e. The fourth-order valence-electron chi connectivity index (χ4n) is 2.59. The van der Waals surface area contributed by atoms with Gasteiger partial charge in [-0.1, -0.05) is 60.7 Å². The molecular formula is C20H19NO3S. The third kappa shape index (κ3) is 4.39. The highest BCUT2D eigenvalue weighted by Crippen LogP contribution is 2.28. The van der Waals surface area contributed by atoms with Crippen molar-refractivity contribution < 1.29 is 13.2 Å². The van der Waals surface area contributed by atoms with E-state index in [2.05, 4.69) is 4.72 Å². The highest BCUT2D eigenvalue weighted by atomic mass is 32.2. The van der Waals surface area contributed by atoms with Crippen molar-refractivity contribution in [3.63, 3.8) is 0 Å². The molecule has 0 aromatic heterocycles. The van der Waals surface area contributed by atoms with E-state index in [1.165, 1.54) is 0 Å². The van der Waals surface area contributed by atoms with E-state index in [9.17, 15) is 8.42 Å². The van der Waals surface area contributed by atoms with E-state index in [1.54, 1.807) is 37.4 Å². The van der Waals surface area contributed by atoms with Crippen molar-refractivity contribution in [1.82, 2.24) is 0 Å². The van der Waals surface area contributed by atoms with Crippen LogP contribution in [0.5, 0.6) is 5.75 Å². The molecule has 0 radical (unpaired) electrons. The number of hydrogen-bond donors (Lipinski definition) is 1. The molecule has 0 bridgehead atoms. The minimum atomic E-state index is -3.53. The molecule has 3 aromatic carbocycles. The van der Waals surface area contributed by atoms with E-state index in [0.29, 0.717) is 17.0 Å². The second-order valence-electron chi connectivity index (χ2n) is 5.62. The Morgan fingerprint density at radius 2 is 1.48 bits per heavy atom. The summed E-state index contributed by atoms with van der Waals surface area (Å²) in [4.78, 5) is 0. The number of methoxy groups -OCH3 is 1. The van der Waals surface area contributed by atoms with Crippen LogP contribution in [-0.4, -0.2) is 15.5 Å². The number of hydrogen-bond acceptors (Lipinski definition) is 3. The van der Waals surface area contributed by atoms with Gasteiger partial charge in [0.2, 0.25) is 10.0 Å². The Morgan fingerprint density at radius 1 is 0.840 bits per heavy atom. The molecule has 3 aromatic rings. The minimum absolute atomic E-state index is 0.0971. The van der Waals surface area contributed by atoms with Gasteiger partial charge in [0.05, 0.1) is 18.6 Å². The molecule has 1 N–H and O–H groups in total. The van der Waals surface area contributed by atoms with Gasteiger partial charge in [-0.15, -0.1) is 0 Å². The first-order chi connectivity index (χ1) is 12.1. The number of para-hydroxylation sites is 1. The molecule has 0 unspecified atom stereocenters. The number of ether oxygens (including phenoxy) is 1. The minimum Gasteiger partial charge on any atom is -0.497 e. The van der Waals surface area contributed by atoms with Crippen molar-refractivity contribution in [2.45, 2.75) is 5.75 Å². The first-order valence-corrected chi connectivity index (χ1v) is 9.50. The predicted octanol–water partition coefficient (Wildman–Crippen LogP) is 4.30. The van der Waals surface area contributed by atoms with Gasteiger partial charge < -0.3 is 4.74 Å². The Hall–Kier alpha value is -2.79. The van der Waals surface area contributed by atoms with Gasteiger partial charge in [0.15, 0.2) is 0 Å². The van der Waals surface area contributed by atoms with E-state index in [1.807, 2.05) is 48.5 Å². The van der Waals surface area contributed by atoms with Crippen LogP contribution < -0.4 is 9.46 Å². The van der Waals surface area contributed by atoms with Gasteiger partial charge in [-0.25, -0.2) is 8.42 Å². The Bertz CT molecular complexity index is 936. The molecule has 25 heavy (non-hydrogen) atoms. The van der Waals surface area contributed by atoms with Gasteiger partial charge in [0.1, 0.15) is 5.75 Å².